The lowest BCUT2D eigenvalue weighted by molar-refractivity contribution is 0.0675. The standard InChI is InChI=1S/C24H21N3.C18H12O6.C8H6O6.C6H8B2O4/c25-22-7-1-16(2-8-22)19-13-20(17-3-9-23(26)10-4-17)15-21(14-19)18-5-11-24(27)12-6-18;19-13-1-7-8(2-14(13)20)10-4-17(23)18(24)6-12(10)11-5-16(22)15(21)3-9(7)11;9-5-1-3(7(11)12)6(10)2-4(5)8(13)14;9-7(10)5-1-2-6(4-3-5)8(11)12/h1-15H,25-27H2;1-6,19-24H;1-2,9-10H,(H,11,12)(H,13,14);1-4,9-12H. The fraction of sp³-hybridized carbons (Fsp3) is 0. The molecule has 0 heterocycles. The lowest BCUT2D eigenvalue weighted by Crippen LogP contribution is -2.34. The average Bonchev–Trinajstić information content (AvgIpc) is 3.43. The maximum Gasteiger partial charge on any atom is 0.488 e. The normalized spacial score (nSPS) is 10.6. The van der Waals surface area contributed by atoms with Gasteiger partial charge in [-0.15, -0.1) is 0 Å². The molecule has 0 aliphatic carbocycles. The number of phenols is 8. The number of nitrogens with two attached hydrogens (primary N) is 3. The smallest absolute Gasteiger partial charge is 0.488 e. The summed E-state index contributed by atoms with van der Waals surface area (Å²) >= 11 is 0. The van der Waals surface area contributed by atoms with E-state index in [0.29, 0.717) is 55.4 Å². The number of nitrogen functional groups attached to an aromatic ring is 3. The van der Waals surface area contributed by atoms with Crippen molar-refractivity contribution in [2.45, 2.75) is 0 Å². The second kappa shape index (κ2) is 22.8. The second-order valence-electron chi connectivity index (χ2n) is 17.2. The molecule has 0 bridgehead atoms. The van der Waals surface area contributed by atoms with Crippen molar-refractivity contribution in [2.75, 3.05) is 17.2 Å². The van der Waals surface area contributed by atoms with Gasteiger partial charge in [-0.2, -0.15) is 0 Å². The highest BCUT2D eigenvalue weighted by molar-refractivity contribution is 6.60. The van der Waals surface area contributed by atoms with Crippen LogP contribution < -0.4 is 28.1 Å². The third-order valence-electron chi connectivity index (χ3n) is 12.0. The van der Waals surface area contributed by atoms with Crippen LogP contribution >= 0.6 is 0 Å². The van der Waals surface area contributed by atoms with E-state index in [0.717, 1.165) is 50.4 Å². The Balaban J connectivity index is 0.000000157. The zero-order chi connectivity index (χ0) is 56.0. The third kappa shape index (κ3) is 12.6. The van der Waals surface area contributed by atoms with Gasteiger partial charge in [0.05, 0.1) is 0 Å². The fourth-order valence-corrected chi connectivity index (χ4v) is 7.98. The minimum absolute atomic E-state index is 0.319. The van der Waals surface area contributed by atoms with Crippen LogP contribution in [0.5, 0.6) is 46.0 Å². The van der Waals surface area contributed by atoms with Crippen molar-refractivity contribution >= 4 is 86.5 Å². The van der Waals surface area contributed by atoms with Gasteiger partial charge in [0.15, 0.2) is 34.5 Å². The highest BCUT2D eigenvalue weighted by Crippen LogP contribution is 2.45. The number of fused-ring (bicyclic) bond motifs is 6. The van der Waals surface area contributed by atoms with Crippen LogP contribution in [0.4, 0.5) is 17.1 Å². The summed E-state index contributed by atoms with van der Waals surface area (Å²) in [6.07, 6.45) is 0. The molecule has 388 valence electrons. The predicted molar refractivity (Wildman–Crippen MR) is 295 cm³/mol. The first kappa shape index (κ1) is 54.5. The molecule has 10 aromatic carbocycles. The summed E-state index contributed by atoms with van der Waals surface area (Å²) in [7, 11) is -3.04. The van der Waals surface area contributed by atoms with Gasteiger partial charge in [0.1, 0.15) is 22.6 Å². The number of carbonyl (C=O) groups is 2. The number of anilines is 3. The Labute approximate surface area is 437 Å². The van der Waals surface area contributed by atoms with E-state index in [1.54, 1.807) is 0 Å². The first-order valence-corrected chi connectivity index (χ1v) is 22.8. The van der Waals surface area contributed by atoms with Crippen LogP contribution in [0.3, 0.4) is 0 Å². The molecule has 0 aromatic heterocycles. The molecule has 10 aromatic rings. The number of aromatic hydroxyl groups is 8. The zero-order valence-electron chi connectivity index (χ0n) is 40.1. The van der Waals surface area contributed by atoms with Gasteiger partial charge >= 0.3 is 26.2 Å². The molecule has 0 aliphatic rings. The van der Waals surface area contributed by atoms with Crippen LogP contribution in [0.2, 0.25) is 0 Å². The van der Waals surface area contributed by atoms with E-state index in [1.807, 2.05) is 72.8 Å². The van der Waals surface area contributed by atoms with Crippen molar-refractivity contribution in [1.82, 2.24) is 0 Å². The van der Waals surface area contributed by atoms with Gasteiger partial charge in [-0.05, 0) is 180 Å². The Hall–Kier alpha value is -10.3. The molecule has 19 nitrogen and oxygen atoms in total. The number of phenolic OH excluding ortho intramolecular Hbond substituents is 6. The van der Waals surface area contributed by atoms with Crippen LogP contribution in [-0.2, 0) is 0 Å². The van der Waals surface area contributed by atoms with Gasteiger partial charge in [0.25, 0.3) is 0 Å². The minimum Gasteiger partial charge on any atom is -0.507 e. The maximum atomic E-state index is 10.4. The van der Waals surface area contributed by atoms with Crippen LogP contribution in [0.15, 0.2) is 164 Å². The van der Waals surface area contributed by atoms with E-state index >= 15 is 0 Å². The summed E-state index contributed by atoms with van der Waals surface area (Å²) in [6, 6.07) is 45.5. The molecule has 0 amide bonds. The number of hydrogen-bond acceptors (Lipinski definition) is 17. The van der Waals surface area contributed by atoms with Crippen LogP contribution in [0.25, 0.3) is 65.7 Å². The first-order valence-electron chi connectivity index (χ1n) is 22.8. The zero-order valence-corrected chi connectivity index (χ0v) is 40.1. The largest absolute Gasteiger partial charge is 0.507 e. The van der Waals surface area contributed by atoms with Crippen molar-refractivity contribution < 1.29 is 80.8 Å². The van der Waals surface area contributed by atoms with E-state index in [1.165, 1.54) is 60.7 Å². The van der Waals surface area contributed by atoms with Gasteiger partial charge in [-0.3, -0.25) is 0 Å². The second-order valence-corrected chi connectivity index (χ2v) is 17.2. The Morgan fingerprint density at radius 2 is 0.494 bits per heavy atom. The Kier molecular flexibility index (Phi) is 16.2. The van der Waals surface area contributed by atoms with Crippen LogP contribution in [0.1, 0.15) is 20.7 Å². The average molecular weight is 1040 g/mol. The summed E-state index contributed by atoms with van der Waals surface area (Å²) in [4.78, 5) is 20.9. The minimum atomic E-state index is -1.52. The molecule has 0 spiro atoms. The number of rotatable bonds is 7. The summed E-state index contributed by atoms with van der Waals surface area (Å²) < 4.78 is 0. The molecular weight excluding hydrogens is 992 g/mol. The van der Waals surface area contributed by atoms with E-state index in [9.17, 15) is 40.2 Å². The van der Waals surface area contributed by atoms with Crippen molar-refractivity contribution in [3.05, 3.63) is 175 Å². The highest BCUT2D eigenvalue weighted by atomic mass is 16.4. The molecule has 10 rings (SSSR count). The Morgan fingerprint density at radius 1 is 0.286 bits per heavy atom. The summed E-state index contributed by atoms with van der Waals surface area (Å²) in [5.74, 6) is -6.31. The molecule has 0 aliphatic heterocycles. The number of aromatic carboxylic acids is 2. The van der Waals surface area contributed by atoms with Gasteiger partial charge < -0.3 is 88.4 Å². The molecule has 0 unspecified atom stereocenters. The van der Waals surface area contributed by atoms with Gasteiger partial charge in [-0.1, -0.05) is 60.7 Å². The van der Waals surface area contributed by atoms with Crippen LogP contribution in [-0.4, -0.2) is 97.3 Å². The van der Waals surface area contributed by atoms with E-state index in [4.69, 9.17) is 57.7 Å². The molecule has 77 heavy (non-hydrogen) atoms. The Morgan fingerprint density at radius 3 is 0.675 bits per heavy atom. The summed E-state index contributed by atoms with van der Waals surface area (Å²) in [5.41, 5.74) is 26.1. The quantitative estimate of drug-likeness (QED) is 0.0271. The molecule has 0 saturated carbocycles. The molecule has 0 radical (unpaired) electrons. The van der Waals surface area contributed by atoms with Crippen molar-refractivity contribution in [2.24, 2.45) is 0 Å². The van der Waals surface area contributed by atoms with E-state index in [-0.39, 0.29) is 34.5 Å². The molecule has 20 N–H and O–H groups in total. The third-order valence-corrected chi connectivity index (χ3v) is 12.0. The first-order chi connectivity index (χ1) is 36.5. The topological polar surface area (TPSA) is 395 Å². The number of benzene rings is 10. The monoisotopic (exact) mass is 1040 g/mol. The number of hydrogen-bond donors (Lipinski definition) is 17. The lowest BCUT2D eigenvalue weighted by atomic mass is 9.75. The van der Waals surface area contributed by atoms with E-state index in [2.05, 4.69) is 18.2 Å². The number of carboxylic acid groups (broad SMARTS) is 2. The number of carboxylic acids is 2. The SMILES string of the molecule is Nc1ccc(-c2cc(-c3ccc(N)cc3)cc(-c3ccc(N)cc3)c2)cc1.O=C(O)c1cc(O)c(C(=O)O)cc1O.OB(O)c1ccc(B(O)O)cc1.Oc1cc2c3cc(O)c(O)cc3c3cc(O)c(O)cc3c2cc1O. The summed E-state index contributed by atoms with van der Waals surface area (Å²) in [5, 5.41) is 132. The molecule has 0 saturated heterocycles. The molecule has 0 fully saturated rings. The van der Waals surface area contributed by atoms with E-state index < -0.39 is 48.8 Å². The van der Waals surface area contributed by atoms with Crippen LogP contribution in [0, 0.1) is 0 Å². The molecular formula is C56H47B2N3O16. The molecule has 21 heteroatoms. The van der Waals surface area contributed by atoms with Gasteiger partial charge in [0.2, 0.25) is 0 Å². The van der Waals surface area contributed by atoms with Gasteiger partial charge in [-0.25, -0.2) is 9.59 Å². The maximum absolute atomic E-state index is 10.4. The summed E-state index contributed by atoms with van der Waals surface area (Å²) in [6.45, 7) is 0. The Bertz CT molecular complexity index is 3340. The predicted octanol–water partition coefficient (Wildman–Crippen LogP) is 6.35. The van der Waals surface area contributed by atoms with Crippen molar-refractivity contribution in [1.29, 1.82) is 0 Å². The molecule has 0 atom stereocenters. The fourth-order valence-electron chi connectivity index (χ4n) is 7.98. The highest BCUT2D eigenvalue weighted by Gasteiger charge is 2.19. The lowest BCUT2D eigenvalue weighted by Gasteiger charge is -2.13. The van der Waals surface area contributed by atoms with Crippen molar-refractivity contribution in [3.63, 3.8) is 0 Å². The van der Waals surface area contributed by atoms with Gasteiger partial charge in [0, 0.05) is 17.1 Å². The van der Waals surface area contributed by atoms with Crippen molar-refractivity contribution in [3.8, 4) is 79.4 Å².